The van der Waals surface area contributed by atoms with Crippen LogP contribution in [0.3, 0.4) is 0 Å². The number of halogens is 1. The summed E-state index contributed by atoms with van der Waals surface area (Å²) in [6.07, 6.45) is 0.863. The predicted octanol–water partition coefficient (Wildman–Crippen LogP) is 3.64. The summed E-state index contributed by atoms with van der Waals surface area (Å²) in [6.45, 7) is 2.02. The van der Waals surface area contributed by atoms with Gasteiger partial charge in [0.25, 0.3) is 0 Å². The molecule has 0 saturated heterocycles. The number of hydrogen-bond donors (Lipinski definition) is 1. The monoisotopic (exact) mass is 243 g/mol. The van der Waals surface area contributed by atoms with Crippen LogP contribution >= 0.6 is 0 Å². The first kappa shape index (κ1) is 12.8. The van der Waals surface area contributed by atoms with Crippen LogP contribution in [-0.4, -0.2) is 7.05 Å². The van der Waals surface area contributed by atoms with Crippen molar-refractivity contribution in [1.29, 1.82) is 0 Å². The molecule has 2 heteroatoms. The number of nitrogens with one attached hydrogen (secondary N) is 1. The topological polar surface area (TPSA) is 12.0 Å². The molecule has 18 heavy (non-hydrogen) atoms. The van der Waals surface area contributed by atoms with Crippen LogP contribution in [0, 0.1) is 12.7 Å². The molecule has 0 amide bonds. The summed E-state index contributed by atoms with van der Waals surface area (Å²) < 4.78 is 13.4. The summed E-state index contributed by atoms with van der Waals surface area (Å²) in [5.74, 6) is -0.177. The summed E-state index contributed by atoms with van der Waals surface area (Å²) in [5, 5.41) is 3.27. The fraction of sp³-hybridized carbons (Fsp3) is 0.250. The first-order valence-corrected chi connectivity index (χ1v) is 6.18. The Morgan fingerprint density at radius 3 is 2.50 bits per heavy atom. The maximum Gasteiger partial charge on any atom is 0.123 e. The van der Waals surface area contributed by atoms with Gasteiger partial charge in [0.1, 0.15) is 5.82 Å². The van der Waals surface area contributed by atoms with Gasteiger partial charge in [-0.15, -0.1) is 0 Å². The second kappa shape index (κ2) is 5.78. The van der Waals surface area contributed by atoms with E-state index in [1.807, 2.05) is 38.2 Å². The Morgan fingerprint density at radius 1 is 1.11 bits per heavy atom. The summed E-state index contributed by atoms with van der Waals surface area (Å²) in [6, 6.07) is 15.4. The molecule has 2 aromatic carbocycles. The highest BCUT2D eigenvalue weighted by atomic mass is 19.1. The van der Waals surface area contributed by atoms with E-state index < -0.39 is 0 Å². The average Bonchev–Trinajstić information content (AvgIpc) is 2.40. The molecule has 0 fully saturated rings. The van der Waals surface area contributed by atoms with E-state index in [0.717, 1.165) is 17.5 Å². The molecular weight excluding hydrogens is 225 g/mol. The highest BCUT2D eigenvalue weighted by Crippen LogP contribution is 2.22. The number of likely N-dealkylation sites (N-methyl/N-ethyl adjacent to an activating group) is 1. The molecule has 0 aliphatic rings. The molecule has 94 valence electrons. The van der Waals surface area contributed by atoms with E-state index in [1.54, 1.807) is 6.07 Å². The molecule has 2 aromatic rings. The van der Waals surface area contributed by atoms with Crippen molar-refractivity contribution in [3.8, 4) is 0 Å². The second-order valence-corrected chi connectivity index (χ2v) is 4.53. The molecule has 0 aliphatic heterocycles. The lowest BCUT2D eigenvalue weighted by Gasteiger charge is -2.19. The second-order valence-electron chi connectivity index (χ2n) is 4.53. The first-order valence-electron chi connectivity index (χ1n) is 6.18. The van der Waals surface area contributed by atoms with Gasteiger partial charge in [-0.3, -0.25) is 0 Å². The van der Waals surface area contributed by atoms with Gasteiger partial charge in [-0.1, -0.05) is 36.4 Å². The Hall–Kier alpha value is -1.67. The zero-order chi connectivity index (χ0) is 13.0. The van der Waals surface area contributed by atoms with Crippen molar-refractivity contribution in [2.75, 3.05) is 7.05 Å². The third kappa shape index (κ3) is 2.96. The third-order valence-electron chi connectivity index (χ3n) is 3.25. The van der Waals surface area contributed by atoms with E-state index in [-0.39, 0.29) is 11.9 Å². The van der Waals surface area contributed by atoms with Crippen LogP contribution in [-0.2, 0) is 6.42 Å². The molecule has 0 aliphatic carbocycles. The Balaban J connectivity index is 2.26. The van der Waals surface area contributed by atoms with E-state index in [4.69, 9.17) is 0 Å². The van der Waals surface area contributed by atoms with Gasteiger partial charge in [0.05, 0.1) is 0 Å². The Bertz CT molecular complexity index is 508. The van der Waals surface area contributed by atoms with E-state index in [2.05, 4.69) is 17.4 Å². The zero-order valence-corrected chi connectivity index (χ0v) is 10.8. The Labute approximate surface area is 108 Å². The molecule has 0 radical (unpaired) electrons. The van der Waals surface area contributed by atoms with Crippen molar-refractivity contribution in [1.82, 2.24) is 5.32 Å². The maximum absolute atomic E-state index is 13.4. The van der Waals surface area contributed by atoms with Crippen molar-refractivity contribution < 1.29 is 4.39 Å². The van der Waals surface area contributed by atoms with E-state index in [1.165, 1.54) is 11.6 Å². The molecule has 0 heterocycles. The van der Waals surface area contributed by atoms with E-state index in [0.29, 0.717) is 0 Å². The highest BCUT2D eigenvalue weighted by molar-refractivity contribution is 5.31. The van der Waals surface area contributed by atoms with Gasteiger partial charge in [-0.25, -0.2) is 4.39 Å². The summed E-state index contributed by atoms with van der Waals surface area (Å²) in [5.41, 5.74) is 3.40. The van der Waals surface area contributed by atoms with Gasteiger partial charge in [-0.2, -0.15) is 0 Å². The third-order valence-corrected chi connectivity index (χ3v) is 3.25. The fourth-order valence-corrected chi connectivity index (χ4v) is 2.20. The molecule has 1 unspecified atom stereocenters. The van der Waals surface area contributed by atoms with E-state index in [9.17, 15) is 4.39 Å². The number of benzene rings is 2. The number of hydrogen-bond acceptors (Lipinski definition) is 1. The van der Waals surface area contributed by atoms with Gasteiger partial charge < -0.3 is 5.32 Å². The van der Waals surface area contributed by atoms with Gasteiger partial charge in [0, 0.05) is 6.04 Å². The first-order chi connectivity index (χ1) is 8.70. The molecule has 1 atom stereocenters. The van der Waals surface area contributed by atoms with Crippen LogP contribution in [0.4, 0.5) is 4.39 Å². The van der Waals surface area contributed by atoms with Crippen LogP contribution in [0.25, 0.3) is 0 Å². The van der Waals surface area contributed by atoms with Crippen molar-refractivity contribution in [2.45, 2.75) is 19.4 Å². The predicted molar refractivity (Wildman–Crippen MR) is 73.1 cm³/mol. The molecule has 1 N–H and O–H groups in total. The van der Waals surface area contributed by atoms with Crippen LogP contribution in [0.5, 0.6) is 0 Å². The molecule has 0 aromatic heterocycles. The van der Waals surface area contributed by atoms with Crippen molar-refractivity contribution in [3.05, 3.63) is 71.0 Å². The summed E-state index contributed by atoms with van der Waals surface area (Å²) in [4.78, 5) is 0. The van der Waals surface area contributed by atoms with E-state index >= 15 is 0 Å². The normalized spacial score (nSPS) is 12.4. The Kier molecular flexibility index (Phi) is 4.11. The van der Waals surface area contributed by atoms with Crippen LogP contribution in [0.15, 0.2) is 48.5 Å². The summed E-state index contributed by atoms with van der Waals surface area (Å²) >= 11 is 0. The molecule has 0 saturated carbocycles. The molecule has 2 rings (SSSR count). The Morgan fingerprint density at radius 2 is 1.83 bits per heavy atom. The molecular formula is C16H18FN. The van der Waals surface area contributed by atoms with Gasteiger partial charge in [-0.05, 0) is 49.2 Å². The van der Waals surface area contributed by atoms with Crippen molar-refractivity contribution in [2.24, 2.45) is 0 Å². The quantitative estimate of drug-likeness (QED) is 0.864. The lowest BCUT2D eigenvalue weighted by Crippen LogP contribution is -2.20. The van der Waals surface area contributed by atoms with Crippen LogP contribution in [0.1, 0.15) is 22.7 Å². The lowest BCUT2D eigenvalue weighted by molar-refractivity contribution is 0.574. The maximum atomic E-state index is 13.4. The number of aryl methyl sites for hydroxylation is 1. The van der Waals surface area contributed by atoms with Crippen LogP contribution in [0.2, 0.25) is 0 Å². The van der Waals surface area contributed by atoms with Crippen molar-refractivity contribution in [3.63, 3.8) is 0 Å². The van der Waals surface area contributed by atoms with Gasteiger partial charge >= 0.3 is 0 Å². The minimum Gasteiger partial charge on any atom is -0.313 e. The van der Waals surface area contributed by atoms with Crippen molar-refractivity contribution >= 4 is 0 Å². The molecule has 1 nitrogen and oxygen atoms in total. The largest absolute Gasteiger partial charge is 0.313 e. The minimum absolute atomic E-state index is 0.142. The number of rotatable bonds is 4. The zero-order valence-electron chi connectivity index (χ0n) is 10.8. The SMILES string of the molecule is CNC(Cc1ccccc1)c1cc(F)ccc1C. The smallest absolute Gasteiger partial charge is 0.123 e. The highest BCUT2D eigenvalue weighted by Gasteiger charge is 2.13. The fourth-order valence-electron chi connectivity index (χ4n) is 2.20. The minimum atomic E-state index is -0.177. The standard InChI is InChI=1S/C16H18FN/c1-12-8-9-14(17)11-15(12)16(18-2)10-13-6-4-3-5-7-13/h3-9,11,16,18H,10H2,1-2H3. The lowest BCUT2D eigenvalue weighted by atomic mass is 9.95. The van der Waals surface area contributed by atoms with Gasteiger partial charge in [0.2, 0.25) is 0 Å². The summed E-state index contributed by atoms with van der Waals surface area (Å²) in [7, 11) is 1.91. The average molecular weight is 243 g/mol. The van der Waals surface area contributed by atoms with Gasteiger partial charge in [0.15, 0.2) is 0 Å². The van der Waals surface area contributed by atoms with Crippen LogP contribution < -0.4 is 5.32 Å². The molecule has 0 spiro atoms. The molecule has 0 bridgehead atoms.